The van der Waals surface area contributed by atoms with E-state index in [0.29, 0.717) is 25.7 Å². The Labute approximate surface area is 399 Å². The number of allylic oxidation sites excluding steroid dienone is 20. The second-order valence-electron chi connectivity index (χ2n) is 16.7. The molecular formula is C59H94O6. The van der Waals surface area contributed by atoms with E-state index >= 15 is 0 Å². The van der Waals surface area contributed by atoms with Crippen molar-refractivity contribution in [3.8, 4) is 0 Å². The zero-order chi connectivity index (χ0) is 47.2. The molecule has 6 heteroatoms. The molecule has 0 amide bonds. The number of ether oxygens (including phenoxy) is 3. The molecule has 0 fully saturated rings. The minimum absolute atomic E-state index is 0.113. The molecule has 0 saturated heterocycles. The van der Waals surface area contributed by atoms with Crippen LogP contribution in [0.4, 0.5) is 0 Å². The summed E-state index contributed by atoms with van der Waals surface area (Å²) in [4.78, 5) is 37.9. The average molecular weight is 899 g/mol. The maximum atomic E-state index is 12.8. The Morgan fingerprint density at radius 1 is 0.323 bits per heavy atom. The van der Waals surface area contributed by atoms with E-state index < -0.39 is 6.10 Å². The Kier molecular flexibility index (Phi) is 49.1. The molecule has 0 aliphatic heterocycles. The van der Waals surface area contributed by atoms with E-state index in [2.05, 4.69) is 142 Å². The Bertz CT molecular complexity index is 1400. The van der Waals surface area contributed by atoms with Gasteiger partial charge in [0.25, 0.3) is 0 Å². The zero-order valence-electron chi connectivity index (χ0n) is 41.7. The molecule has 6 nitrogen and oxygen atoms in total. The molecule has 0 aromatic rings. The summed E-state index contributed by atoms with van der Waals surface area (Å²) >= 11 is 0. The highest BCUT2D eigenvalue weighted by atomic mass is 16.6. The summed E-state index contributed by atoms with van der Waals surface area (Å²) in [6.45, 7) is 6.29. The first-order valence-electron chi connectivity index (χ1n) is 26.0. The lowest BCUT2D eigenvalue weighted by Gasteiger charge is -2.18. The van der Waals surface area contributed by atoms with Crippen LogP contribution in [0.2, 0.25) is 0 Å². The molecule has 0 aromatic carbocycles. The third-order valence-corrected chi connectivity index (χ3v) is 10.4. The van der Waals surface area contributed by atoms with Crippen LogP contribution in [0.5, 0.6) is 0 Å². The van der Waals surface area contributed by atoms with Crippen molar-refractivity contribution in [2.45, 2.75) is 219 Å². The first-order chi connectivity index (χ1) is 32.0. The van der Waals surface area contributed by atoms with Gasteiger partial charge in [0, 0.05) is 19.3 Å². The van der Waals surface area contributed by atoms with Gasteiger partial charge in [0.05, 0.1) is 0 Å². The molecule has 0 aliphatic carbocycles. The SMILES string of the molecule is CC/C=C\C/C=C\C/C=C\C/C=C\C/C=C\CCCCCC(=O)OCC(COC(=O)CCC/C=C\CCCCCC)OC(=O)CCCCCCCC/C=C\C/C=C\C/C=C\C/C=C\CC. The summed E-state index contributed by atoms with van der Waals surface area (Å²) in [5, 5.41) is 0. The van der Waals surface area contributed by atoms with Crippen molar-refractivity contribution in [2.75, 3.05) is 13.2 Å². The zero-order valence-corrected chi connectivity index (χ0v) is 41.7. The Morgan fingerprint density at radius 3 is 1.03 bits per heavy atom. The smallest absolute Gasteiger partial charge is 0.306 e. The van der Waals surface area contributed by atoms with E-state index in [1.807, 2.05) is 0 Å². The standard InChI is InChI=1S/C59H94O6/c1-4-7-10-13-16-19-21-23-25-27-29-31-33-35-37-40-43-46-49-52-58(61)64-55-56(54-63-57(60)51-48-45-42-39-18-15-12-9-6-3)65-59(62)53-50-47-44-41-38-36-34-32-30-28-26-24-22-20-17-14-11-8-5-2/h7-8,10-11,16-17,19-20,23-26,29-32,35,37,39,42,56H,4-6,9,12-15,18,21-22,27-28,33-34,36,38,40-41,43-55H2,1-3H3/b10-7-,11-8-,19-16-,20-17-,25-23-,26-24-,31-29-,32-30-,37-35-,42-39-. The Morgan fingerprint density at radius 2 is 0.615 bits per heavy atom. The molecule has 0 N–H and O–H groups in total. The average Bonchev–Trinajstić information content (AvgIpc) is 3.30. The van der Waals surface area contributed by atoms with Crippen molar-refractivity contribution in [3.05, 3.63) is 122 Å². The molecule has 0 saturated carbocycles. The van der Waals surface area contributed by atoms with E-state index in [-0.39, 0.29) is 31.1 Å². The molecule has 1 atom stereocenters. The van der Waals surface area contributed by atoms with Crippen LogP contribution < -0.4 is 0 Å². The van der Waals surface area contributed by atoms with Crippen molar-refractivity contribution in [1.82, 2.24) is 0 Å². The van der Waals surface area contributed by atoms with Crippen molar-refractivity contribution >= 4 is 17.9 Å². The molecule has 366 valence electrons. The van der Waals surface area contributed by atoms with Crippen molar-refractivity contribution < 1.29 is 28.6 Å². The fraction of sp³-hybridized carbons (Fsp3) is 0.610. The monoisotopic (exact) mass is 899 g/mol. The normalized spacial score (nSPS) is 13.1. The Balaban J connectivity index is 4.45. The number of rotatable bonds is 45. The van der Waals surface area contributed by atoms with Crippen molar-refractivity contribution in [3.63, 3.8) is 0 Å². The number of carbonyl (C=O) groups is 3. The molecule has 65 heavy (non-hydrogen) atoms. The highest BCUT2D eigenvalue weighted by molar-refractivity contribution is 5.71. The summed E-state index contributed by atoms with van der Waals surface area (Å²) in [5.41, 5.74) is 0. The van der Waals surface area contributed by atoms with Crippen LogP contribution in [0.25, 0.3) is 0 Å². The molecular weight excluding hydrogens is 805 g/mol. The molecule has 0 radical (unpaired) electrons. The second kappa shape index (κ2) is 52.4. The summed E-state index contributed by atoms with van der Waals surface area (Å²) in [6.07, 6.45) is 71.9. The summed E-state index contributed by atoms with van der Waals surface area (Å²) < 4.78 is 16.7. The predicted molar refractivity (Wildman–Crippen MR) is 279 cm³/mol. The lowest BCUT2D eigenvalue weighted by molar-refractivity contribution is -0.167. The molecule has 0 heterocycles. The van der Waals surface area contributed by atoms with E-state index in [9.17, 15) is 14.4 Å². The molecule has 0 bridgehead atoms. The number of esters is 3. The molecule has 0 spiro atoms. The van der Waals surface area contributed by atoms with Gasteiger partial charge in [0.2, 0.25) is 0 Å². The van der Waals surface area contributed by atoms with Gasteiger partial charge in [-0.2, -0.15) is 0 Å². The number of carbonyl (C=O) groups excluding carboxylic acids is 3. The van der Waals surface area contributed by atoms with Gasteiger partial charge in [-0.1, -0.05) is 194 Å². The largest absolute Gasteiger partial charge is 0.462 e. The van der Waals surface area contributed by atoms with E-state index in [1.54, 1.807) is 0 Å². The first kappa shape index (κ1) is 60.8. The number of hydrogen-bond acceptors (Lipinski definition) is 6. The van der Waals surface area contributed by atoms with Crippen LogP contribution in [-0.4, -0.2) is 37.2 Å². The van der Waals surface area contributed by atoms with Crippen LogP contribution in [0.3, 0.4) is 0 Å². The van der Waals surface area contributed by atoms with Crippen LogP contribution in [-0.2, 0) is 28.6 Å². The minimum atomic E-state index is -0.813. The second-order valence-corrected chi connectivity index (χ2v) is 16.7. The van der Waals surface area contributed by atoms with Gasteiger partial charge < -0.3 is 14.2 Å². The van der Waals surface area contributed by atoms with Gasteiger partial charge in [-0.25, -0.2) is 0 Å². The van der Waals surface area contributed by atoms with Gasteiger partial charge in [-0.3, -0.25) is 14.4 Å². The maximum absolute atomic E-state index is 12.8. The van der Waals surface area contributed by atoms with E-state index in [4.69, 9.17) is 14.2 Å². The molecule has 0 aliphatic rings. The minimum Gasteiger partial charge on any atom is -0.462 e. The van der Waals surface area contributed by atoms with Crippen molar-refractivity contribution in [1.29, 1.82) is 0 Å². The summed E-state index contributed by atoms with van der Waals surface area (Å²) in [5.74, 6) is -1.00. The molecule has 0 rings (SSSR count). The van der Waals surface area contributed by atoms with E-state index in [1.165, 1.54) is 38.5 Å². The third-order valence-electron chi connectivity index (χ3n) is 10.4. The van der Waals surface area contributed by atoms with Crippen molar-refractivity contribution in [2.24, 2.45) is 0 Å². The highest BCUT2D eigenvalue weighted by Crippen LogP contribution is 2.12. The first-order valence-corrected chi connectivity index (χ1v) is 26.0. The van der Waals surface area contributed by atoms with Crippen LogP contribution in [0, 0.1) is 0 Å². The van der Waals surface area contributed by atoms with Gasteiger partial charge in [0.1, 0.15) is 13.2 Å². The highest BCUT2D eigenvalue weighted by Gasteiger charge is 2.19. The topological polar surface area (TPSA) is 78.9 Å². The third kappa shape index (κ3) is 50.7. The Hall–Kier alpha value is -4.19. The van der Waals surface area contributed by atoms with Crippen LogP contribution >= 0.6 is 0 Å². The fourth-order valence-electron chi connectivity index (χ4n) is 6.58. The lowest BCUT2D eigenvalue weighted by Crippen LogP contribution is -2.30. The summed E-state index contributed by atoms with van der Waals surface area (Å²) in [7, 11) is 0. The maximum Gasteiger partial charge on any atom is 0.306 e. The molecule has 1 unspecified atom stereocenters. The number of unbranched alkanes of at least 4 members (excludes halogenated alkanes) is 14. The molecule has 0 aromatic heterocycles. The quantitative estimate of drug-likeness (QED) is 0.0262. The van der Waals surface area contributed by atoms with Crippen LogP contribution in [0.1, 0.15) is 213 Å². The van der Waals surface area contributed by atoms with E-state index in [0.717, 1.165) is 128 Å². The van der Waals surface area contributed by atoms with Crippen LogP contribution in [0.15, 0.2) is 122 Å². The predicted octanol–water partition coefficient (Wildman–Crippen LogP) is 17.3. The van der Waals surface area contributed by atoms with Gasteiger partial charge in [-0.05, 0) is 122 Å². The fourth-order valence-corrected chi connectivity index (χ4v) is 6.58. The van der Waals surface area contributed by atoms with Gasteiger partial charge in [-0.15, -0.1) is 0 Å². The lowest BCUT2D eigenvalue weighted by atomic mass is 10.1. The van der Waals surface area contributed by atoms with Gasteiger partial charge >= 0.3 is 17.9 Å². The van der Waals surface area contributed by atoms with Gasteiger partial charge in [0.15, 0.2) is 6.10 Å². The number of hydrogen-bond donors (Lipinski definition) is 0. The summed E-state index contributed by atoms with van der Waals surface area (Å²) in [6, 6.07) is 0.